The lowest BCUT2D eigenvalue weighted by atomic mass is 9.92. The van der Waals surface area contributed by atoms with Crippen molar-refractivity contribution in [3.05, 3.63) is 24.5 Å². The van der Waals surface area contributed by atoms with E-state index in [9.17, 15) is 5.26 Å². The largest absolute Gasteiger partial charge is 0.299 e. The first-order valence-corrected chi connectivity index (χ1v) is 7.94. The predicted octanol–water partition coefficient (Wildman–Crippen LogP) is 3.63. The van der Waals surface area contributed by atoms with Crippen molar-refractivity contribution in [1.29, 1.82) is 5.26 Å². The number of hydrogen-bond acceptors (Lipinski definition) is 4. The van der Waals surface area contributed by atoms with Gasteiger partial charge >= 0.3 is 0 Å². The van der Waals surface area contributed by atoms with Gasteiger partial charge in [-0.2, -0.15) is 5.26 Å². The molecule has 1 aromatic heterocycles. The first-order valence-electron chi connectivity index (χ1n) is 6.95. The van der Waals surface area contributed by atoms with E-state index in [1.54, 1.807) is 0 Å². The molecule has 104 valence electrons. The van der Waals surface area contributed by atoms with Gasteiger partial charge in [-0.25, -0.2) is 0 Å². The Morgan fingerprint density at radius 2 is 2.11 bits per heavy atom. The zero-order valence-electron chi connectivity index (χ0n) is 11.9. The molecular formula is C15H23N3S. The summed E-state index contributed by atoms with van der Waals surface area (Å²) < 4.78 is 0. The molecule has 1 aromatic rings. The Bertz CT molecular complexity index is 388. The van der Waals surface area contributed by atoms with Crippen LogP contribution in [0.5, 0.6) is 0 Å². The molecule has 3 nitrogen and oxygen atoms in total. The van der Waals surface area contributed by atoms with E-state index in [2.05, 4.69) is 30.2 Å². The second kappa shape index (κ2) is 8.95. The van der Waals surface area contributed by atoms with Gasteiger partial charge in [0.25, 0.3) is 0 Å². The maximum atomic E-state index is 9.39. The fourth-order valence-corrected chi connectivity index (χ4v) is 2.77. The molecule has 1 unspecified atom stereocenters. The molecule has 0 fully saturated rings. The van der Waals surface area contributed by atoms with E-state index >= 15 is 0 Å². The van der Waals surface area contributed by atoms with Gasteiger partial charge < -0.3 is 0 Å². The number of nitrogens with zero attached hydrogens (tertiary/aromatic N) is 2. The third-order valence-electron chi connectivity index (χ3n) is 3.20. The Morgan fingerprint density at radius 1 is 1.37 bits per heavy atom. The molecule has 1 heterocycles. The Balaban J connectivity index is 2.34. The monoisotopic (exact) mass is 277 g/mol. The van der Waals surface area contributed by atoms with Crippen molar-refractivity contribution in [3.8, 4) is 6.07 Å². The van der Waals surface area contributed by atoms with E-state index in [0.29, 0.717) is 0 Å². The summed E-state index contributed by atoms with van der Waals surface area (Å²) in [5.74, 6) is 1.04. The van der Waals surface area contributed by atoms with Gasteiger partial charge in [0.15, 0.2) is 0 Å². The summed E-state index contributed by atoms with van der Waals surface area (Å²) in [6, 6.07) is 6.52. The summed E-state index contributed by atoms with van der Waals surface area (Å²) in [5.41, 5.74) is -0.338. The second-order valence-electron chi connectivity index (χ2n) is 4.61. The average Bonchev–Trinajstić information content (AvgIpc) is 2.48. The van der Waals surface area contributed by atoms with Crippen LogP contribution < -0.4 is 5.32 Å². The summed E-state index contributed by atoms with van der Waals surface area (Å²) in [6.07, 6.45) is 7.52. The third-order valence-corrected chi connectivity index (χ3v) is 4.30. The quantitative estimate of drug-likeness (QED) is 0.553. The molecule has 0 aliphatic carbocycles. The van der Waals surface area contributed by atoms with Crippen LogP contribution in [0.1, 0.15) is 39.5 Å². The molecule has 0 aliphatic rings. The zero-order chi connectivity index (χ0) is 14.0. The molecule has 0 bridgehead atoms. The normalized spacial score (nSPS) is 13.7. The topological polar surface area (TPSA) is 48.7 Å². The van der Waals surface area contributed by atoms with Crippen LogP contribution in [0.4, 0.5) is 0 Å². The number of hydrogen-bond donors (Lipinski definition) is 1. The Hall–Kier alpha value is -1.05. The van der Waals surface area contributed by atoms with Crippen molar-refractivity contribution in [1.82, 2.24) is 10.3 Å². The minimum Gasteiger partial charge on any atom is -0.299 e. The summed E-state index contributed by atoms with van der Waals surface area (Å²) in [6.45, 7) is 5.13. The number of pyridine rings is 1. The maximum absolute atomic E-state index is 9.39. The molecule has 0 amide bonds. The molecule has 4 heteroatoms. The molecule has 1 N–H and O–H groups in total. The highest BCUT2D eigenvalue weighted by Gasteiger charge is 2.25. The van der Waals surface area contributed by atoms with Crippen molar-refractivity contribution in [2.24, 2.45) is 0 Å². The maximum Gasteiger partial charge on any atom is 0.106 e. The van der Waals surface area contributed by atoms with Crippen LogP contribution in [0.3, 0.4) is 0 Å². The molecular weight excluding hydrogens is 254 g/mol. The summed E-state index contributed by atoms with van der Waals surface area (Å²) in [5, 5.41) is 12.8. The predicted molar refractivity (Wildman–Crippen MR) is 81.1 cm³/mol. The fourth-order valence-electron chi connectivity index (χ4n) is 1.93. The van der Waals surface area contributed by atoms with Crippen LogP contribution in [-0.4, -0.2) is 22.8 Å². The number of nitriles is 1. The van der Waals surface area contributed by atoms with Crippen LogP contribution >= 0.6 is 11.8 Å². The third kappa shape index (κ3) is 5.63. The van der Waals surface area contributed by atoms with E-state index < -0.39 is 0 Å². The van der Waals surface area contributed by atoms with E-state index in [-0.39, 0.29) is 5.54 Å². The molecule has 0 saturated heterocycles. The number of nitrogens with one attached hydrogen (secondary N) is 1. The molecule has 1 rings (SSSR count). The Labute approximate surface area is 120 Å². The van der Waals surface area contributed by atoms with Crippen LogP contribution in [0.2, 0.25) is 0 Å². The van der Waals surface area contributed by atoms with Gasteiger partial charge in [-0.1, -0.05) is 13.8 Å². The first kappa shape index (κ1) is 16.0. The standard InChI is InChI=1S/C15H23N3S/c1-3-9-18-15(4-2,13-16)8-5-12-19-14-6-10-17-11-7-14/h6-7,10-11,18H,3-5,8-9,12H2,1-2H3. The van der Waals surface area contributed by atoms with E-state index in [1.165, 1.54) is 4.90 Å². The van der Waals surface area contributed by atoms with Crippen molar-refractivity contribution < 1.29 is 0 Å². The molecule has 19 heavy (non-hydrogen) atoms. The lowest BCUT2D eigenvalue weighted by Gasteiger charge is -2.26. The van der Waals surface area contributed by atoms with Crippen molar-refractivity contribution in [3.63, 3.8) is 0 Å². The van der Waals surface area contributed by atoms with Gasteiger partial charge in [-0.15, -0.1) is 11.8 Å². The summed E-state index contributed by atoms with van der Waals surface area (Å²) >= 11 is 1.83. The number of rotatable bonds is 9. The van der Waals surface area contributed by atoms with Gasteiger partial charge in [0.2, 0.25) is 0 Å². The van der Waals surface area contributed by atoms with Gasteiger partial charge in [-0.05, 0) is 50.1 Å². The zero-order valence-corrected chi connectivity index (χ0v) is 12.7. The lowest BCUT2D eigenvalue weighted by Crippen LogP contribution is -2.43. The highest BCUT2D eigenvalue weighted by Crippen LogP contribution is 2.22. The molecule has 1 atom stereocenters. The first-order chi connectivity index (χ1) is 9.26. The summed E-state index contributed by atoms with van der Waals surface area (Å²) in [4.78, 5) is 5.25. The molecule has 0 saturated carbocycles. The highest BCUT2D eigenvalue weighted by atomic mass is 32.2. The Kier molecular flexibility index (Phi) is 7.54. The minimum absolute atomic E-state index is 0.338. The second-order valence-corrected chi connectivity index (χ2v) is 5.78. The average molecular weight is 277 g/mol. The Morgan fingerprint density at radius 3 is 2.68 bits per heavy atom. The van der Waals surface area contributed by atoms with Crippen LogP contribution in [-0.2, 0) is 0 Å². The van der Waals surface area contributed by atoms with Crippen LogP contribution in [0.15, 0.2) is 29.4 Å². The van der Waals surface area contributed by atoms with Gasteiger partial charge in [0.1, 0.15) is 5.54 Å². The van der Waals surface area contributed by atoms with E-state index in [4.69, 9.17) is 0 Å². The van der Waals surface area contributed by atoms with Gasteiger partial charge in [-0.3, -0.25) is 10.3 Å². The van der Waals surface area contributed by atoms with Gasteiger partial charge in [0.05, 0.1) is 6.07 Å². The summed E-state index contributed by atoms with van der Waals surface area (Å²) in [7, 11) is 0. The SMILES string of the molecule is CCCNC(C#N)(CC)CCCSc1ccncc1. The minimum atomic E-state index is -0.338. The van der Waals surface area contributed by atoms with Crippen molar-refractivity contribution >= 4 is 11.8 Å². The number of aromatic nitrogens is 1. The number of thioether (sulfide) groups is 1. The lowest BCUT2D eigenvalue weighted by molar-refractivity contribution is 0.371. The van der Waals surface area contributed by atoms with Gasteiger partial charge in [0, 0.05) is 17.3 Å². The smallest absolute Gasteiger partial charge is 0.106 e. The molecule has 0 radical (unpaired) electrons. The van der Waals surface area contributed by atoms with Crippen molar-refractivity contribution in [2.45, 2.75) is 50.0 Å². The fraction of sp³-hybridized carbons (Fsp3) is 0.600. The molecule has 0 aliphatic heterocycles. The van der Waals surface area contributed by atoms with Crippen LogP contribution in [0.25, 0.3) is 0 Å². The van der Waals surface area contributed by atoms with E-state index in [0.717, 1.165) is 38.0 Å². The molecule has 0 spiro atoms. The highest BCUT2D eigenvalue weighted by molar-refractivity contribution is 7.99. The molecule has 0 aromatic carbocycles. The van der Waals surface area contributed by atoms with Crippen molar-refractivity contribution in [2.75, 3.05) is 12.3 Å². The van der Waals surface area contributed by atoms with E-state index in [1.807, 2.05) is 36.3 Å². The van der Waals surface area contributed by atoms with Crippen LogP contribution in [0, 0.1) is 11.3 Å².